The van der Waals surface area contributed by atoms with E-state index in [-0.39, 0.29) is 18.1 Å². The molecule has 3 aromatic carbocycles. The fraction of sp³-hybridized carbons (Fsp3) is 0.160. The molecular weight excluding hydrogens is 451 g/mol. The number of fused-ring (bicyclic) bond motifs is 1. The van der Waals surface area contributed by atoms with Crippen LogP contribution in [0.15, 0.2) is 54.3 Å². The van der Waals surface area contributed by atoms with E-state index in [4.69, 9.17) is 42.1 Å². The van der Waals surface area contributed by atoms with Crippen molar-refractivity contribution in [3.8, 4) is 23.0 Å². The summed E-state index contributed by atoms with van der Waals surface area (Å²) in [4.78, 5) is 13.0. The molecular formula is C25H20Cl2O5. The van der Waals surface area contributed by atoms with Crippen LogP contribution in [0.3, 0.4) is 0 Å². The van der Waals surface area contributed by atoms with Crippen molar-refractivity contribution < 1.29 is 23.7 Å². The lowest BCUT2D eigenvalue weighted by atomic mass is 10.0. The number of carbonyl (C=O) groups excluding carboxylic acids is 1. The number of halogens is 2. The minimum absolute atomic E-state index is 0.191. The van der Waals surface area contributed by atoms with Crippen LogP contribution < -0.4 is 18.9 Å². The maximum Gasteiger partial charge on any atom is 0.232 e. The largest absolute Gasteiger partial charge is 0.497 e. The zero-order valence-electron chi connectivity index (χ0n) is 17.7. The Balaban J connectivity index is 1.60. The SMILES string of the molecule is COc1ccc(/C=C2\Oc3cc(OCc4c(Cl)cccc4Cl)cc(C)c3C2=O)c(OC)c1. The van der Waals surface area contributed by atoms with Crippen molar-refractivity contribution in [3.63, 3.8) is 0 Å². The van der Waals surface area contributed by atoms with Crippen molar-refractivity contribution in [2.45, 2.75) is 13.5 Å². The van der Waals surface area contributed by atoms with Gasteiger partial charge in [-0.25, -0.2) is 0 Å². The van der Waals surface area contributed by atoms with Crippen molar-refractivity contribution in [1.82, 2.24) is 0 Å². The number of aryl methyl sites for hydroxylation is 1. The Kier molecular flexibility index (Phi) is 6.31. The highest BCUT2D eigenvalue weighted by atomic mass is 35.5. The molecule has 5 nitrogen and oxygen atoms in total. The van der Waals surface area contributed by atoms with Crippen LogP contribution in [0.5, 0.6) is 23.0 Å². The van der Waals surface area contributed by atoms with Crippen LogP contribution in [0.1, 0.15) is 27.0 Å². The third kappa shape index (κ3) is 4.27. The lowest BCUT2D eigenvalue weighted by molar-refractivity contribution is 0.101. The van der Waals surface area contributed by atoms with Crippen LogP contribution in [0.25, 0.3) is 6.08 Å². The van der Waals surface area contributed by atoms with Gasteiger partial charge in [0.2, 0.25) is 5.78 Å². The summed E-state index contributed by atoms with van der Waals surface area (Å²) in [5, 5.41) is 1.06. The van der Waals surface area contributed by atoms with E-state index in [2.05, 4.69) is 0 Å². The number of allylic oxidation sites excluding steroid dienone is 1. The van der Waals surface area contributed by atoms with E-state index < -0.39 is 0 Å². The van der Waals surface area contributed by atoms with Crippen molar-refractivity contribution >= 4 is 35.1 Å². The molecule has 0 atom stereocenters. The van der Waals surface area contributed by atoms with Gasteiger partial charge >= 0.3 is 0 Å². The highest BCUT2D eigenvalue weighted by Gasteiger charge is 2.30. The molecule has 0 aliphatic carbocycles. The molecule has 4 rings (SSSR count). The number of Topliss-reactive ketones (excluding diaryl/α,β-unsaturated/α-hetero) is 1. The van der Waals surface area contributed by atoms with E-state index in [9.17, 15) is 4.79 Å². The summed E-state index contributed by atoms with van der Waals surface area (Å²) in [5.74, 6) is 2.22. The summed E-state index contributed by atoms with van der Waals surface area (Å²) in [6.07, 6.45) is 1.66. The lowest BCUT2D eigenvalue weighted by Crippen LogP contribution is -2.01. The number of ether oxygens (including phenoxy) is 4. The molecule has 0 saturated heterocycles. The first kappa shape index (κ1) is 22.1. The van der Waals surface area contributed by atoms with Gasteiger partial charge in [0.05, 0.1) is 19.8 Å². The van der Waals surface area contributed by atoms with Gasteiger partial charge in [-0.1, -0.05) is 29.3 Å². The van der Waals surface area contributed by atoms with Gasteiger partial charge < -0.3 is 18.9 Å². The van der Waals surface area contributed by atoms with Crippen molar-refractivity contribution in [2.24, 2.45) is 0 Å². The van der Waals surface area contributed by atoms with E-state index >= 15 is 0 Å². The summed E-state index contributed by atoms with van der Waals surface area (Å²) in [6.45, 7) is 2.03. The second kappa shape index (κ2) is 9.15. The Labute approximate surface area is 196 Å². The van der Waals surface area contributed by atoms with Gasteiger partial charge in [-0.3, -0.25) is 4.79 Å². The zero-order chi connectivity index (χ0) is 22.8. The fourth-order valence-electron chi connectivity index (χ4n) is 3.47. The van der Waals surface area contributed by atoms with Gasteiger partial charge in [-0.15, -0.1) is 0 Å². The van der Waals surface area contributed by atoms with Crippen LogP contribution in [0.2, 0.25) is 10.0 Å². The van der Waals surface area contributed by atoms with E-state index in [0.717, 1.165) is 5.56 Å². The van der Waals surface area contributed by atoms with Gasteiger partial charge in [0, 0.05) is 33.3 Å². The molecule has 0 spiro atoms. The summed E-state index contributed by atoms with van der Waals surface area (Å²) in [5.41, 5.74) is 2.65. The van der Waals surface area contributed by atoms with Gasteiger partial charge in [0.15, 0.2) is 5.76 Å². The minimum Gasteiger partial charge on any atom is -0.497 e. The molecule has 1 heterocycles. The Morgan fingerprint density at radius 2 is 1.72 bits per heavy atom. The Morgan fingerprint density at radius 3 is 2.41 bits per heavy atom. The molecule has 0 amide bonds. The number of carbonyl (C=O) groups is 1. The predicted octanol–water partition coefficient (Wildman–Crippen LogP) is 6.51. The maximum atomic E-state index is 13.0. The predicted molar refractivity (Wildman–Crippen MR) is 124 cm³/mol. The van der Waals surface area contributed by atoms with Crippen LogP contribution in [-0.4, -0.2) is 20.0 Å². The number of methoxy groups -OCH3 is 2. The lowest BCUT2D eigenvalue weighted by Gasteiger charge is -2.11. The molecule has 0 N–H and O–H groups in total. The number of rotatable bonds is 6. The highest BCUT2D eigenvalue weighted by molar-refractivity contribution is 6.35. The third-order valence-corrected chi connectivity index (χ3v) is 5.82. The molecule has 0 fully saturated rings. The topological polar surface area (TPSA) is 54.0 Å². The first-order valence-corrected chi connectivity index (χ1v) is 10.5. The molecule has 3 aromatic rings. The molecule has 0 radical (unpaired) electrons. The Hall–Kier alpha value is -3.15. The average Bonchev–Trinajstić information content (AvgIpc) is 3.09. The van der Waals surface area contributed by atoms with Crippen LogP contribution in [-0.2, 0) is 6.61 Å². The van der Waals surface area contributed by atoms with E-state index in [0.29, 0.717) is 49.7 Å². The molecule has 32 heavy (non-hydrogen) atoms. The third-order valence-electron chi connectivity index (χ3n) is 5.12. The quantitative estimate of drug-likeness (QED) is 0.384. The zero-order valence-corrected chi connectivity index (χ0v) is 19.2. The first-order valence-electron chi connectivity index (χ1n) is 9.78. The van der Waals surface area contributed by atoms with Gasteiger partial charge in [-0.2, -0.15) is 0 Å². The number of hydrogen-bond acceptors (Lipinski definition) is 5. The highest BCUT2D eigenvalue weighted by Crippen LogP contribution is 2.39. The molecule has 0 bridgehead atoms. The second-order valence-corrected chi connectivity index (χ2v) is 7.96. The minimum atomic E-state index is -0.198. The van der Waals surface area contributed by atoms with Crippen LogP contribution in [0.4, 0.5) is 0 Å². The van der Waals surface area contributed by atoms with Crippen LogP contribution in [0, 0.1) is 6.92 Å². The van der Waals surface area contributed by atoms with Crippen molar-refractivity contribution in [2.75, 3.05) is 14.2 Å². The standard InChI is InChI=1S/C25H20Cl2O5/c1-14-9-17(31-13-18-19(26)5-4-6-20(18)27)12-22-24(14)25(28)23(32-22)10-15-7-8-16(29-2)11-21(15)30-3/h4-12H,13H2,1-3H3/b23-10-. The van der Waals surface area contributed by atoms with Crippen molar-refractivity contribution in [1.29, 1.82) is 0 Å². The first-order chi connectivity index (χ1) is 15.4. The second-order valence-electron chi connectivity index (χ2n) is 7.15. The van der Waals surface area contributed by atoms with E-state index in [1.54, 1.807) is 68.8 Å². The molecule has 0 aromatic heterocycles. The smallest absolute Gasteiger partial charge is 0.232 e. The number of benzene rings is 3. The van der Waals surface area contributed by atoms with E-state index in [1.165, 1.54) is 0 Å². The number of ketones is 1. The normalized spacial score (nSPS) is 13.7. The average molecular weight is 471 g/mol. The van der Waals surface area contributed by atoms with Gasteiger partial charge in [0.1, 0.15) is 29.6 Å². The van der Waals surface area contributed by atoms with Gasteiger partial charge in [0.25, 0.3) is 0 Å². The molecule has 0 saturated carbocycles. The molecule has 1 aliphatic rings. The molecule has 0 unspecified atom stereocenters. The molecule has 7 heteroatoms. The van der Waals surface area contributed by atoms with Crippen molar-refractivity contribution in [3.05, 3.63) is 86.6 Å². The molecule has 164 valence electrons. The summed E-state index contributed by atoms with van der Waals surface area (Å²) < 4.78 is 22.4. The fourth-order valence-corrected chi connectivity index (χ4v) is 3.97. The summed E-state index contributed by atoms with van der Waals surface area (Å²) in [6, 6.07) is 14.1. The van der Waals surface area contributed by atoms with Crippen LogP contribution >= 0.6 is 23.2 Å². The number of hydrogen-bond donors (Lipinski definition) is 0. The Bertz CT molecular complexity index is 1210. The van der Waals surface area contributed by atoms with Gasteiger partial charge in [-0.05, 0) is 48.9 Å². The summed E-state index contributed by atoms with van der Waals surface area (Å²) >= 11 is 12.4. The summed E-state index contributed by atoms with van der Waals surface area (Å²) in [7, 11) is 3.14. The van der Waals surface area contributed by atoms with E-state index in [1.807, 2.05) is 6.92 Å². The Morgan fingerprint density at radius 1 is 0.969 bits per heavy atom. The maximum absolute atomic E-state index is 13.0. The molecule has 1 aliphatic heterocycles. The monoisotopic (exact) mass is 470 g/mol.